The lowest BCUT2D eigenvalue weighted by atomic mass is 9.91. The van der Waals surface area contributed by atoms with E-state index in [-0.39, 0.29) is 12.2 Å². The van der Waals surface area contributed by atoms with Gasteiger partial charge in [-0.25, -0.2) is 4.79 Å². The molecular formula is C13H24N2O3. The van der Waals surface area contributed by atoms with Crippen LogP contribution < -0.4 is 0 Å². The number of aliphatic hydroxyl groups excluding tert-OH is 1. The first-order valence-electron chi connectivity index (χ1n) is 7.06. The van der Waals surface area contributed by atoms with E-state index in [0.717, 1.165) is 32.4 Å². The van der Waals surface area contributed by atoms with E-state index in [1.165, 1.54) is 6.42 Å². The fourth-order valence-corrected chi connectivity index (χ4v) is 2.97. The fraction of sp³-hybridized carbons (Fsp3) is 0.923. The maximum absolute atomic E-state index is 11.6. The minimum absolute atomic E-state index is 0.187. The van der Waals surface area contributed by atoms with E-state index in [9.17, 15) is 9.90 Å². The molecule has 5 heteroatoms. The van der Waals surface area contributed by atoms with Gasteiger partial charge in [0.05, 0.1) is 12.7 Å². The number of aliphatic hydroxyl groups is 1. The van der Waals surface area contributed by atoms with Gasteiger partial charge in [-0.2, -0.15) is 0 Å². The predicted octanol–water partition coefficient (Wildman–Crippen LogP) is 1.06. The first-order valence-corrected chi connectivity index (χ1v) is 7.06. The Labute approximate surface area is 109 Å². The molecule has 2 rings (SSSR count). The topological polar surface area (TPSA) is 53.0 Å². The Bertz CT molecular complexity index is 277. The van der Waals surface area contributed by atoms with Crippen molar-refractivity contribution >= 4 is 6.09 Å². The predicted molar refractivity (Wildman–Crippen MR) is 68.4 cm³/mol. The van der Waals surface area contributed by atoms with Gasteiger partial charge in [0.15, 0.2) is 0 Å². The van der Waals surface area contributed by atoms with Gasteiger partial charge in [-0.3, -0.25) is 4.90 Å². The van der Waals surface area contributed by atoms with Crippen LogP contribution in [0.5, 0.6) is 0 Å². The molecule has 1 aliphatic carbocycles. The summed E-state index contributed by atoms with van der Waals surface area (Å²) in [5.41, 5.74) is 0. The second-order valence-electron chi connectivity index (χ2n) is 5.14. The number of rotatable bonds is 2. The standard InChI is InChI=1S/C13H24N2O3/c1-2-18-13(17)15-9-7-14(8-10-15)11-5-3-4-6-12(11)16/h11-12,16H,2-10H2,1H3. The number of carbonyl (C=O) groups is 1. The second-order valence-corrected chi connectivity index (χ2v) is 5.14. The lowest BCUT2D eigenvalue weighted by molar-refractivity contribution is -0.00371. The molecule has 1 amide bonds. The maximum atomic E-state index is 11.6. The Kier molecular flexibility index (Phi) is 4.83. The molecule has 18 heavy (non-hydrogen) atoms. The van der Waals surface area contributed by atoms with Crippen molar-refractivity contribution in [2.24, 2.45) is 0 Å². The van der Waals surface area contributed by atoms with Crippen LogP contribution in [0.4, 0.5) is 4.79 Å². The van der Waals surface area contributed by atoms with Crippen LogP contribution in [-0.2, 0) is 4.74 Å². The number of hydrogen-bond donors (Lipinski definition) is 1. The van der Waals surface area contributed by atoms with E-state index in [4.69, 9.17) is 4.74 Å². The monoisotopic (exact) mass is 256 g/mol. The fourth-order valence-electron chi connectivity index (χ4n) is 2.97. The summed E-state index contributed by atoms with van der Waals surface area (Å²) in [4.78, 5) is 15.7. The normalized spacial score (nSPS) is 30.2. The number of hydrogen-bond acceptors (Lipinski definition) is 4. The summed E-state index contributed by atoms with van der Waals surface area (Å²) in [5.74, 6) is 0. The minimum atomic E-state index is -0.207. The number of carbonyl (C=O) groups excluding carboxylic acids is 1. The zero-order valence-electron chi connectivity index (χ0n) is 11.2. The second kappa shape index (κ2) is 6.38. The van der Waals surface area contributed by atoms with Crippen molar-refractivity contribution in [2.75, 3.05) is 32.8 Å². The van der Waals surface area contributed by atoms with Crippen molar-refractivity contribution in [3.05, 3.63) is 0 Å². The van der Waals surface area contributed by atoms with Crippen LogP contribution in [0.3, 0.4) is 0 Å². The molecule has 2 atom stereocenters. The quantitative estimate of drug-likeness (QED) is 0.803. The molecule has 1 aliphatic heterocycles. The molecule has 2 unspecified atom stereocenters. The molecule has 1 N–H and O–H groups in total. The molecule has 0 aromatic heterocycles. The Balaban J connectivity index is 1.80. The first-order chi connectivity index (χ1) is 8.72. The largest absolute Gasteiger partial charge is 0.450 e. The third kappa shape index (κ3) is 3.14. The van der Waals surface area contributed by atoms with Crippen LogP contribution in [0.2, 0.25) is 0 Å². The van der Waals surface area contributed by atoms with Crippen molar-refractivity contribution in [3.8, 4) is 0 Å². The van der Waals surface area contributed by atoms with Gasteiger partial charge in [0.2, 0.25) is 0 Å². The van der Waals surface area contributed by atoms with E-state index in [0.29, 0.717) is 25.7 Å². The summed E-state index contributed by atoms with van der Waals surface area (Å²) in [6.45, 7) is 5.37. The SMILES string of the molecule is CCOC(=O)N1CCN(C2CCCCC2O)CC1. The van der Waals surface area contributed by atoms with Crippen molar-refractivity contribution < 1.29 is 14.6 Å². The van der Waals surface area contributed by atoms with Crippen LogP contribution in [0.15, 0.2) is 0 Å². The highest BCUT2D eigenvalue weighted by Crippen LogP contribution is 2.24. The Hall–Kier alpha value is -0.810. The Morgan fingerprint density at radius 3 is 2.50 bits per heavy atom. The highest BCUT2D eigenvalue weighted by molar-refractivity contribution is 5.67. The number of nitrogens with zero attached hydrogens (tertiary/aromatic N) is 2. The summed E-state index contributed by atoms with van der Waals surface area (Å²) in [5, 5.41) is 10.0. The third-order valence-electron chi connectivity index (χ3n) is 4.00. The van der Waals surface area contributed by atoms with E-state index in [2.05, 4.69) is 4.90 Å². The average molecular weight is 256 g/mol. The summed E-state index contributed by atoms with van der Waals surface area (Å²) in [7, 11) is 0. The van der Waals surface area contributed by atoms with Crippen molar-refractivity contribution in [3.63, 3.8) is 0 Å². The number of piperazine rings is 1. The Morgan fingerprint density at radius 2 is 1.89 bits per heavy atom. The molecule has 0 spiro atoms. The molecule has 1 saturated heterocycles. The molecule has 0 aromatic rings. The van der Waals surface area contributed by atoms with E-state index in [1.807, 2.05) is 6.92 Å². The van der Waals surface area contributed by atoms with Crippen LogP contribution in [0.25, 0.3) is 0 Å². The minimum Gasteiger partial charge on any atom is -0.450 e. The van der Waals surface area contributed by atoms with Crippen molar-refractivity contribution in [1.82, 2.24) is 9.80 Å². The van der Waals surface area contributed by atoms with E-state index in [1.54, 1.807) is 4.90 Å². The van der Waals surface area contributed by atoms with Crippen molar-refractivity contribution in [2.45, 2.75) is 44.8 Å². The van der Waals surface area contributed by atoms with Gasteiger partial charge < -0.3 is 14.7 Å². The molecule has 0 aromatic carbocycles. The van der Waals surface area contributed by atoms with Crippen LogP contribution >= 0.6 is 0 Å². The van der Waals surface area contributed by atoms with Crippen LogP contribution in [0, 0.1) is 0 Å². The van der Waals surface area contributed by atoms with Gasteiger partial charge in [-0.05, 0) is 19.8 Å². The molecule has 1 saturated carbocycles. The van der Waals surface area contributed by atoms with Gasteiger partial charge in [-0.1, -0.05) is 12.8 Å². The summed E-state index contributed by atoms with van der Waals surface area (Å²) >= 11 is 0. The molecule has 0 radical (unpaired) electrons. The zero-order valence-corrected chi connectivity index (χ0v) is 11.2. The van der Waals surface area contributed by atoms with Gasteiger partial charge in [0, 0.05) is 32.2 Å². The van der Waals surface area contributed by atoms with Gasteiger partial charge in [0.1, 0.15) is 0 Å². The average Bonchev–Trinajstić information content (AvgIpc) is 2.40. The molecule has 2 fully saturated rings. The highest BCUT2D eigenvalue weighted by Gasteiger charge is 2.32. The van der Waals surface area contributed by atoms with E-state index < -0.39 is 0 Å². The van der Waals surface area contributed by atoms with Crippen LogP contribution in [-0.4, -0.2) is 65.9 Å². The van der Waals surface area contributed by atoms with Crippen LogP contribution in [0.1, 0.15) is 32.6 Å². The summed E-state index contributed by atoms with van der Waals surface area (Å²) in [6, 6.07) is 0.295. The summed E-state index contributed by atoms with van der Waals surface area (Å²) in [6.07, 6.45) is 3.96. The third-order valence-corrected chi connectivity index (χ3v) is 4.00. The van der Waals surface area contributed by atoms with Crippen molar-refractivity contribution in [1.29, 1.82) is 0 Å². The molecular weight excluding hydrogens is 232 g/mol. The smallest absolute Gasteiger partial charge is 0.409 e. The zero-order chi connectivity index (χ0) is 13.0. The van der Waals surface area contributed by atoms with E-state index >= 15 is 0 Å². The lowest BCUT2D eigenvalue weighted by Gasteiger charge is -2.42. The molecule has 0 bridgehead atoms. The number of amides is 1. The summed E-state index contributed by atoms with van der Waals surface area (Å²) < 4.78 is 5.00. The lowest BCUT2D eigenvalue weighted by Crippen LogP contribution is -2.55. The Morgan fingerprint density at radius 1 is 1.22 bits per heavy atom. The van der Waals surface area contributed by atoms with Gasteiger partial charge in [0.25, 0.3) is 0 Å². The van der Waals surface area contributed by atoms with Gasteiger partial charge >= 0.3 is 6.09 Å². The number of ether oxygens (including phenoxy) is 1. The highest BCUT2D eigenvalue weighted by atomic mass is 16.6. The molecule has 1 heterocycles. The molecule has 2 aliphatic rings. The first kappa shape index (κ1) is 13.6. The van der Waals surface area contributed by atoms with Gasteiger partial charge in [-0.15, -0.1) is 0 Å². The maximum Gasteiger partial charge on any atom is 0.409 e. The molecule has 5 nitrogen and oxygen atoms in total. The molecule has 104 valence electrons.